The molecule has 2 aromatic rings. The summed E-state index contributed by atoms with van der Waals surface area (Å²) in [5.74, 6) is 0.391. The SMILES string of the molecule is COC(=O)C(=C/CCC1CC(OCc2ccccc2)C1)/C=C(\C)c1ccc(C)cc1. The van der Waals surface area contributed by atoms with E-state index < -0.39 is 0 Å². The molecule has 0 aromatic heterocycles. The first-order chi connectivity index (χ1) is 14.5. The highest BCUT2D eigenvalue weighted by molar-refractivity contribution is 5.93. The highest BCUT2D eigenvalue weighted by Crippen LogP contribution is 2.34. The Balaban J connectivity index is 1.48. The first kappa shape index (κ1) is 22.0. The summed E-state index contributed by atoms with van der Waals surface area (Å²) in [7, 11) is 1.44. The molecule has 0 amide bonds. The molecule has 1 aliphatic carbocycles. The van der Waals surface area contributed by atoms with Crippen LogP contribution >= 0.6 is 0 Å². The van der Waals surface area contributed by atoms with Gasteiger partial charge in [0.05, 0.1) is 25.4 Å². The molecule has 1 fully saturated rings. The van der Waals surface area contributed by atoms with Crippen LogP contribution in [-0.2, 0) is 20.9 Å². The molecule has 0 saturated heterocycles. The number of aryl methyl sites for hydroxylation is 1. The summed E-state index contributed by atoms with van der Waals surface area (Å²) in [6.07, 6.45) is 8.47. The Bertz CT molecular complexity index is 872. The summed E-state index contributed by atoms with van der Waals surface area (Å²) in [4.78, 5) is 12.2. The Kier molecular flexibility index (Phi) is 8.04. The highest BCUT2D eigenvalue weighted by atomic mass is 16.5. The van der Waals surface area contributed by atoms with E-state index in [0.717, 1.165) is 36.8 Å². The third kappa shape index (κ3) is 6.43. The van der Waals surface area contributed by atoms with E-state index in [1.54, 1.807) is 0 Å². The molecule has 0 aliphatic heterocycles. The number of esters is 1. The molecular weight excluding hydrogens is 372 g/mol. The van der Waals surface area contributed by atoms with E-state index in [2.05, 4.69) is 43.3 Å². The fraction of sp³-hybridized carbons (Fsp3) is 0.370. The van der Waals surface area contributed by atoms with E-state index in [-0.39, 0.29) is 5.97 Å². The number of carbonyl (C=O) groups excluding carboxylic acids is 1. The second-order valence-corrected chi connectivity index (χ2v) is 8.18. The van der Waals surface area contributed by atoms with Gasteiger partial charge in [0.1, 0.15) is 0 Å². The Labute approximate surface area is 180 Å². The van der Waals surface area contributed by atoms with Crippen LogP contribution in [0.15, 0.2) is 72.3 Å². The monoisotopic (exact) mass is 404 g/mol. The van der Waals surface area contributed by atoms with Crippen LogP contribution in [0.25, 0.3) is 5.57 Å². The lowest BCUT2D eigenvalue weighted by Crippen LogP contribution is -2.31. The van der Waals surface area contributed by atoms with Crippen LogP contribution in [0.1, 0.15) is 49.3 Å². The van der Waals surface area contributed by atoms with Crippen LogP contribution in [0.4, 0.5) is 0 Å². The van der Waals surface area contributed by atoms with Gasteiger partial charge in [0.2, 0.25) is 0 Å². The smallest absolute Gasteiger partial charge is 0.337 e. The van der Waals surface area contributed by atoms with Gasteiger partial charge in [-0.15, -0.1) is 0 Å². The molecule has 3 nitrogen and oxygen atoms in total. The van der Waals surface area contributed by atoms with Gasteiger partial charge in [0.15, 0.2) is 0 Å². The number of hydrogen-bond acceptors (Lipinski definition) is 3. The van der Waals surface area contributed by atoms with E-state index in [1.165, 1.54) is 18.2 Å². The molecule has 1 saturated carbocycles. The fourth-order valence-electron chi connectivity index (χ4n) is 3.76. The zero-order chi connectivity index (χ0) is 21.3. The molecule has 158 valence electrons. The average Bonchev–Trinajstić information content (AvgIpc) is 2.74. The van der Waals surface area contributed by atoms with Crippen molar-refractivity contribution in [1.29, 1.82) is 0 Å². The Morgan fingerprint density at radius 1 is 1.07 bits per heavy atom. The topological polar surface area (TPSA) is 35.5 Å². The minimum atomic E-state index is -0.279. The van der Waals surface area contributed by atoms with Crippen molar-refractivity contribution in [3.63, 3.8) is 0 Å². The summed E-state index contributed by atoms with van der Waals surface area (Å²) in [6, 6.07) is 18.6. The zero-order valence-electron chi connectivity index (χ0n) is 18.3. The largest absolute Gasteiger partial charge is 0.465 e. The van der Waals surface area contributed by atoms with Crippen molar-refractivity contribution in [2.24, 2.45) is 5.92 Å². The number of carbonyl (C=O) groups is 1. The third-order valence-corrected chi connectivity index (χ3v) is 5.76. The van der Waals surface area contributed by atoms with E-state index in [9.17, 15) is 4.79 Å². The van der Waals surface area contributed by atoms with Crippen LogP contribution < -0.4 is 0 Å². The van der Waals surface area contributed by atoms with Crippen LogP contribution in [-0.4, -0.2) is 19.2 Å². The van der Waals surface area contributed by atoms with E-state index in [0.29, 0.717) is 24.2 Å². The summed E-state index contributed by atoms with van der Waals surface area (Å²) >= 11 is 0. The Morgan fingerprint density at radius 2 is 1.77 bits per heavy atom. The number of allylic oxidation sites excluding steroid dienone is 2. The van der Waals surface area contributed by atoms with Crippen molar-refractivity contribution < 1.29 is 14.3 Å². The van der Waals surface area contributed by atoms with Crippen molar-refractivity contribution in [2.45, 2.75) is 52.2 Å². The summed E-state index contributed by atoms with van der Waals surface area (Å²) in [6.45, 7) is 4.79. The summed E-state index contributed by atoms with van der Waals surface area (Å²) in [5, 5.41) is 0. The molecule has 0 unspecified atom stereocenters. The number of methoxy groups -OCH3 is 1. The lowest BCUT2D eigenvalue weighted by Gasteiger charge is -2.35. The summed E-state index contributed by atoms with van der Waals surface area (Å²) < 4.78 is 11.0. The van der Waals surface area contributed by atoms with Gasteiger partial charge in [-0.2, -0.15) is 0 Å². The number of ether oxygens (including phenoxy) is 2. The predicted octanol–water partition coefficient (Wildman–Crippen LogP) is 6.27. The van der Waals surface area contributed by atoms with Crippen molar-refractivity contribution in [3.05, 3.63) is 89.0 Å². The zero-order valence-corrected chi connectivity index (χ0v) is 18.3. The summed E-state index contributed by atoms with van der Waals surface area (Å²) in [5.41, 5.74) is 5.26. The number of rotatable bonds is 9. The van der Waals surface area contributed by atoms with Gasteiger partial charge in [0, 0.05) is 0 Å². The number of benzene rings is 2. The highest BCUT2D eigenvalue weighted by Gasteiger charge is 2.29. The lowest BCUT2D eigenvalue weighted by atomic mass is 9.79. The maximum Gasteiger partial charge on any atom is 0.337 e. The van der Waals surface area contributed by atoms with Gasteiger partial charge in [-0.3, -0.25) is 0 Å². The van der Waals surface area contributed by atoms with Crippen LogP contribution in [0.2, 0.25) is 0 Å². The molecule has 30 heavy (non-hydrogen) atoms. The van der Waals surface area contributed by atoms with E-state index in [1.807, 2.05) is 37.3 Å². The normalized spacial score (nSPS) is 19.3. The molecular formula is C27H32O3. The van der Waals surface area contributed by atoms with E-state index >= 15 is 0 Å². The van der Waals surface area contributed by atoms with Crippen LogP contribution in [0, 0.1) is 12.8 Å². The molecule has 0 radical (unpaired) electrons. The Morgan fingerprint density at radius 3 is 2.43 bits per heavy atom. The molecule has 2 aromatic carbocycles. The molecule has 0 spiro atoms. The second-order valence-electron chi connectivity index (χ2n) is 8.18. The van der Waals surface area contributed by atoms with Crippen molar-refractivity contribution in [2.75, 3.05) is 7.11 Å². The van der Waals surface area contributed by atoms with Gasteiger partial charge in [-0.05, 0) is 68.2 Å². The van der Waals surface area contributed by atoms with Crippen LogP contribution in [0.3, 0.4) is 0 Å². The molecule has 0 atom stereocenters. The van der Waals surface area contributed by atoms with Gasteiger partial charge in [-0.1, -0.05) is 66.2 Å². The predicted molar refractivity (Wildman–Crippen MR) is 122 cm³/mol. The standard InChI is InChI=1S/C27H32O3/c1-20-12-14-24(15-13-20)21(2)16-25(27(28)29-3)11-7-10-23-17-26(18-23)30-19-22-8-5-4-6-9-22/h4-6,8-9,11-16,23,26H,7,10,17-19H2,1-3H3/b21-16+,25-11+. The van der Waals surface area contributed by atoms with Crippen molar-refractivity contribution >= 4 is 11.5 Å². The lowest BCUT2D eigenvalue weighted by molar-refractivity contribution is -0.135. The van der Waals surface area contributed by atoms with Crippen molar-refractivity contribution in [3.8, 4) is 0 Å². The first-order valence-electron chi connectivity index (χ1n) is 10.7. The van der Waals surface area contributed by atoms with Gasteiger partial charge in [0.25, 0.3) is 0 Å². The van der Waals surface area contributed by atoms with Gasteiger partial charge in [-0.25, -0.2) is 4.79 Å². The fourth-order valence-corrected chi connectivity index (χ4v) is 3.76. The molecule has 0 N–H and O–H groups in total. The van der Waals surface area contributed by atoms with E-state index in [4.69, 9.17) is 9.47 Å². The molecule has 0 heterocycles. The molecule has 1 aliphatic rings. The minimum absolute atomic E-state index is 0.279. The maximum absolute atomic E-state index is 12.2. The molecule has 3 rings (SSSR count). The second kappa shape index (κ2) is 10.9. The number of hydrogen-bond donors (Lipinski definition) is 0. The minimum Gasteiger partial charge on any atom is -0.465 e. The molecule has 0 bridgehead atoms. The third-order valence-electron chi connectivity index (χ3n) is 5.76. The van der Waals surface area contributed by atoms with Gasteiger partial charge < -0.3 is 9.47 Å². The van der Waals surface area contributed by atoms with Crippen molar-refractivity contribution in [1.82, 2.24) is 0 Å². The first-order valence-corrected chi connectivity index (χ1v) is 10.7. The van der Waals surface area contributed by atoms with Gasteiger partial charge >= 0.3 is 5.97 Å². The molecule has 3 heteroatoms. The quantitative estimate of drug-likeness (QED) is 0.281. The van der Waals surface area contributed by atoms with Crippen LogP contribution in [0.5, 0.6) is 0 Å². The average molecular weight is 405 g/mol. The Hall–Kier alpha value is -2.65. The maximum atomic E-state index is 12.2.